The highest BCUT2D eigenvalue weighted by molar-refractivity contribution is 5.82. The maximum absolute atomic E-state index is 12.2. The van der Waals surface area contributed by atoms with E-state index >= 15 is 0 Å². The molecule has 0 aromatic heterocycles. The molecular formula is C20H23NO3. The van der Waals surface area contributed by atoms with E-state index in [2.05, 4.69) is 29.6 Å². The van der Waals surface area contributed by atoms with E-state index in [9.17, 15) is 9.90 Å². The molecule has 126 valence electrons. The third-order valence-electron chi connectivity index (χ3n) is 4.67. The van der Waals surface area contributed by atoms with Crippen molar-refractivity contribution < 1.29 is 14.6 Å². The van der Waals surface area contributed by atoms with Crippen LogP contribution in [0.4, 0.5) is 0 Å². The van der Waals surface area contributed by atoms with Gasteiger partial charge >= 0.3 is 0 Å². The van der Waals surface area contributed by atoms with Gasteiger partial charge in [-0.15, -0.1) is 0 Å². The minimum Gasteiger partial charge on any atom is -0.497 e. The number of rotatable bonds is 5. The molecule has 0 saturated carbocycles. The molecule has 1 amide bonds. The van der Waals surface area contributed by atoms with Gasteiger partial charge in [-0.2, -0.15) is 0 Å². The Kier molecular flexibility index (Phi) is 5.16. The number of hydrogen-bond acceptors (Lipinski definition) is 3. The highest BCUT2D eigenvalue weighted by Gasteiger charge is 2.22. The fourth-order valence-electron chi connectivity index (χ4n) is 3.25. The number of carbonyl (C=O) groups is 1. The topological polar surface area (TPSA) is 58.6 Å². The zero-order valence-corrected chi connectivity index (χ0v) is 13.9. The molecule has 24 heavy (non-hydrogen) atoms. The lowest BCUT2D eigenvalue weighted by atomic mass is 9.84. The Hall–Kier alpha value is -2.33. The Morgan fingerprint density at radius 3 is 2.83 bits per heavy atom. The second kappa shape index (κ2) is 7.49. The first-order valence-corrected chi connectivity index (χ1v) is 8.34. The Morgan fingerprint density at radius 1 is 1.25 bits per heavy atom. The van der Waals surface area contributed by atoms with Crippen LogP contribution in [0.1, 0.15) is 29.2 Å². The fraction of sp³-hybridized carbons (Fsp3) is 0.350. The average Bonchev–Trinajstić information content (AvgIpc) is 2.65. The van der Waals surface area contributed by atoms with Crippen molar-refractivity contribution in [2.24, 2.45) is 5.92 Å². The minimum atomic E-state index is -1.17. The lowest BCUT2D eigenvalue weighted by Gasteiger charge is -2.25. The average molecular weight is 325 g/mol. The third-order valence-corrected chi connectivity index (χ3v) is 4.67. The molecule has 1 aliphatic carbocycles. The number of aliphatic hydroxyl groups is 1. The van der Waals surface area contributed by atoms with Gasteiger partial charge in [-0.1, -0.05) is 36.4 Å². The summed E-state index contributed by atoms with van der Waals surface area (Å²) in [5.74, 6) is 0.687. The number of methoxy groups -OCH3 is 1. The van der Waals surface area contributed by atoms with Crippen molar-refractivity contribution in [1.82, 2.24) is 5.32 Å². The molecule has 2 N–H and O–H groups in total. The van der Waals surface area contributed by atoms with E-state index in [1.54, 1.807) is 31.4 Å². The zero-order chi connectivity index (χ0) is 16.9. The van der Waals surface area contributed by atoms with Gasteiger partial charge in [0.05, 0.1) is 7.11 Å². The summed E-state index contributed by atoms with van der Waals surface area (Å²) in [5.41, 5.74) is 3.33. The van der Waals surface area contributed by atoms with Gasteiger partial charge in [-0.3, -0.25) is 4.79 Å². The molecular weight excluding hydrogens is 302 g/mol. The summed E-state index contributed by atoms with van der Waals surface area (Å²) < 4.78 is 5.13. The van der Waals surface area contributed by atoms with Crippen molar-refractivity contribution >= 4 is 5.91 Å². The smallest absolute Gasteiger partial charge is 0.253 e. The summed E-state index contributed by atoms with van der Waals surface area (Å²) >= 11 is 0. The molecule has 4 nitrogen and oxygen atoms in total. The van der Waals surface area contributed by atoms with Gasteiger partial charge in [0.25, 0.3) is 5.91 Å². The normalized spacial score (nSPS) is 17.7. The van der Waals surface area contributed by atoms with Crippen LogP contribution in [0.2, 0.25) is 0 Å². The number of hydrogen-bond donors (Lipinski definition) is 2. The highest BCUT2D eigenvalue weighted by Crippen LogP contribution is 2.25. The third kappa shape index (κ3) is 3.77. The van der Waals surface area contributed by atoms with E-state index in [0.29, 0.717) is 23.8 Å². The van der Waals surface area contributed by atoms with Gasteiger partial charge in [-0.05, 0) is 54.0 Å². The van der Waals surface area contributed by atoms with Gasteiger partial charge in [0.1, 0.15) is 5.75 Å². The predicted octanol–water partition coefficient (Wildman–Crippen LogP) is 2.65. The molecule has 2 aromatic rings. The van der Waals surface area contributed by atoms with Crippen molar-refractivity contribution in [3.63, 3.8) is 0 Å². The quantitative estimate of drug-likeness (QED) is 0.888. The van der Waals surface area contributed by atoms with Crippen LogP contribution in [0, 0.1) is 5.92 Å². The number of carbonyl (C=O) groups excluding carboxylic acids is 1. The fourth-order valence-corrected chi connectivity index (χ4v) is 3.25. The first-order chi connectivity index (χ1) is 11.7. The van der Waals surface area contributed by atoms with Crippen molar-refractivity contribution in [1.29, 1.82) is 0 Å². The van der Waals surface area contributed by atoms with Crippen LogP contribution in [0.15, 0.2) is 48.5 Å². The monoisotopic (exact) mass is 325 g/mol. The summed E-state index contributed by atoms with van der Waals surface area (Å²) in [6, 6.07) is 15.4. The Bertz CT molecular complexity index is 714. The maximum atomic E-state index is 12.2. The van der Waals surface area contributed by atoms with Gasteiger partial charge in [0.15, 0.2) is 6.10 Å². The van der Waals surface area contributed by atoms with Crippen molar-refractivity contribution in [2.45, 2.75) is 25.4 Å². The standard InChI is InChI=1S/C20H23NO3/c1-24-18-8-4-7-17(12-18)19(22)20(23)21-13-14-9-10-15-5-2-3-6-16(15)11-14/h2-8,12,14,19,22H,9-11,13H2,1H3,(H,21,23). The second-order valence-corrected chi connectivity index (χ2v) is 6.30. The number of ether oxygens (including phenoxy) is 1. The summed E-state index contributed by atoms with van der Waals surface area (Å²) in [4.78, 5) is 12.2. The van der Waals surface area contributed by atoms with Gasteiger partial charge in [0.2, 0.25) is 0 Å². The summed E-state index contributed by atoms with van der Waals surface area (Å²) in [6.45, 7) is 0.591. The highest BCUT2D eigenvalue weighted by atomic mass is 16.5. The van der Waals surface area contributed by atoms with Crippen molar-refractivity contribution in [3.05, 3.63) is 65.2 Å². The molecule has 3 rings (SSSR count). The Morgan fingerprint density at radius 2 is 2.04 bits per heavy atom. The SMILES string of the molecule is COc1cccc(C(O)C(=O)NCC2CCc3ccccc3C2)c1. The number of fused-ring (bicyclic) bond motifs is 1. The molecule has 2 unspecified atom stereocenters. The maximum Gasteiger partial charge on any atom is 0.253 e. The van der Waals surface area contributed by atoms with Crippen LogP contribution < -0.4 is 10.1 Å². The van der Waals surface area contributed by atoms with Gasteiger partial charge < -0.3 is 15.2 Å². The molecule has 4 heteroatoms. The molecule has 2 aromatic carbocycles. The molecule has 2 atom stereocenters. The lowest BCUT2D eigenvalue weighted by molar-refractivity contribution is -0.129. The van der Waals surface area contributed by atoms with E-state index in [4.69, 9.17) is 4.74 Å². The van der Waals surface area contributed by atoms with E-state index < -0.39 is 6.10 Å². The molecule has 0 fully saturated rings. The number of benzene rings is 2. The Balaban J connectivity index is 1.56. The summed E-state index contributed by atoms with van der Waals surface area (Å²) in [6.07, 6.45) is 1.92. The summed E-state index contributed by atoms with van der Waals surface area (Å²) in [5, 5.41) is 13.1. The molecule has 0 radical (unpaired) electrons. The van der Waals surface area contributed by atoms with Crippen LogP contribution in [0.3, 0.4) is 0 Å². The lowest BCUT2D eigenvalue weighted by Crippen LogP contribution is -2.35. The van der Waals surface area contributed by atoms with E-state index in [-0.39, 0.29) is 5.91 Å². The van der Waals surface area contributed by atoms with Gasteiger partial charge in [0, 0.05) is 6.54 Å². The molecule has 0 saturated heterocycles. The number of nitrogens with one attached hydrogen (secondary N) is 1. The predicted molar refractivity (Wildman–Crippen MR) is 92.9 cm³/mol. The van der Waals surface area contributed by atoms with E-state index in [1.807, 2.05) is 0 Å². The number of aliphatic hydroxyl groups excluding tert-OH is 1. The van der Waals surface area contributed by atoms with Gasteiger partial charge in [-0.25, -0.2) is 0 Å². The van der Waals surface area contributed by atoms with Crippen LogP contribution in [0.5, 0.6) is 5.75 Å². The van der Waals surface area contributed by atoms with Crippen molar-refractivity contribution in [3.8, 4) is 5.75 Å². The molecule has 0 aliphatic heterocycles. The van der Waals surface area contributed by atoms with Crippen LogP contribution in [-0.4, -0.2) is 24.7 Å². The molecule has 0 spiro atoms. The van der Waals surface area contributed by atoms with Crippen LogP contribution >= 0.6 is 0 Å². The summed E-state index contributed by atoms with van der Waals surface area (Å²) in [7, 11) is 1.56. The molecule has 0 heterocycles. The first kappa shape index (κ1) is 16.5. The molecule has 0 bridgehead atoms. The zero-order valence-electron chi connectivity index (χ0n) is 13.9. The molecule has 1 aliphatic rings. The van der Waals surface area contributed by atoms with Crippen LogP contribution in [0.25, 0.3) is 0 Å². The van der Waals surface area contributed by atoms with Crippen molar-refractivity contribution in [2.75, 3.05) is 13.7 Å². The van der Waals surface area contributed by atoms with E-state index in [0.717, 1.165) is 19.3 Å². The largest absolute Gasteiger partial charge is 0.497 e. The van der Waals surface area contributed by atoms with Crippen LogP contribution in [-0.2, 0) is 17.6 Å². The number of aryl methyl sites for hydroxylation is 1. The first-order valence-electron chi connectivity index (χ1n) is 8.34. The minimum absolute atomic E-state index is 0.359. The number of amides is 1. The second-order valence-electron chi connectivity index (χ2n) is 6.30. The van der Waals surface area contributed by atoms with E-state index in [1.165, 1.54) is 11.1 Å². The Labute approximate surface area is 142 Å².